The average Bonchev–Trinajstić information content (AvgIpc) is 3.29. The van der Waals surface area contributed by atoms with Gasteiger partial charge >= 0.3 is 5.97 Å². The van der Waals surface area contributed by atoms with E-state index in [9.17, 15) is 4.79 Å². The fourth-order valence-corrected chi connectivity index (χ4v) is 5.03. The minimum atomic E-state index is -0.644. The summed E-state index contributed by atoms with van der Waals surface area (Å²) in [5.41, 5.74) is 1.54. The minimum Gasteiger partial charge on any atom is -0.449 e. The van der Waals surface area contributed by atoms with E-state index in [0.29, 0.717) is 11.8 Å². The molecule has 2 aromatic carbocycles. The number of hydrogen-bond donors (Lipinski definition) is 0. The van der Waals surface area contributed by atoms with E-state index in [2.05, 4.69) is 36.4 Å². The largest absolute Gasteiger partial charge is 0.449 e. The van der Waals surface area contributed by atoms with Gasteiger partial charge in [-0.1, -0.05) is 72.8 Å². The van der Waals surface area contributed by atoms with Crippen LogP contribution in [0.15, 0.2) is 72.8 Å². The van der Waals surface area contributed by atoms with Crippen LogP contribution in [0.3, 0.4) is 0 Å². The highest BCUT2D eigenvalue weighted by molar-refractivity contribution is 5.79. The summed E-state index contributed by atoms with van der Waals surface area (Å²) in [6.07, 6.45) is 5.61. The SMILES string of the molecule is O=C1OC(c2ccccc2)(c2ccccc2)[C@H]2[C@@H]1[C@H]1C=C[C@@H]2C1. The Balaban J connectivity index is 1.77. The number of ether oxygens (including phenoxy) is 1. The Hall–Kier alpha value is -2.35. The van der Waals surface area contributed by atoms with Gasteiger partial charge in [0, 0.05) is 17.0 Å². The van der Waals surface area contributed by atoms with Crippen LogP contribution in [0.2, 0.25) is 0 Å². The third kappa shape index (κ3) is 1.61. The number of cyclic esters (lactones) is 1. The van der Waals surface area contributed by atoms with Crippen LogP contribution >= 0.6 is 0 Å². The molecule has 3 aliphatic rings. The standard InChI is InChI=1S/C21H18O2/c22-20-18-14-11-12-15(13-14)19(18)21(23-20,16-7-3-1-4-8-16)17-9-5-2-6-10-17/h1-12,14-15,18-19H,13H2/t14-,15+,18-,19+/m0/s1. The lowest BCUT2D eigenvalue weighted by Crippen LogP contribution is -2.37. The molecule has 0 amide bonds. The molecule has 0 N–H and O–H groups in total. The highest BCUT2D eigenvalue weighted by atomic mass is 16.6. The van der Waals surface area contributed by atoms with Crippen molar-refractivity contribution in [2.24, 2.45) is 23.7 Å². The zero-order valence-corrected chi connectivity index (χ0v) is 12.8. The number of rotatable bonds is 2. The molecule has 1 saturated heterocycles. The van der Waals surface area contributed by atoms with E-state index in [1.54, 1.807) is 0 Å². The first-order valence-electron chi connectivity index (χ1n) is 8.33. The Morgan fingerprint density at radius 1 is 0.826 bits per heavy atom. The van der Waals surface area contributed by atoms with Crippen molar-refractivity contribution in [1.29, 1.82) is 0 Å². The Morgan fingerprint density at radius 2 is 1.39 bits per heavy atom. The molecular weight excluding hydrogens is 284 g/mol. The van der Waals surface area contributed by atoms with Crippen LogP contribution in [0, 0.1) is 23.7 Å². The van der Waals surface area contributed by atoms with Crippen molar-refractivity contribution >= 4 is 5.97 Å². The maximum absolute atomic E-state index is 12.8. The van der Waals surface area contributed by atoms with E-state index >= 15 is 0 Å². The number of esters is 1. The summed E-state index contributed by atoms with van der Waals surface area (Å²) >= 11 is 0. The van der Waals surface area contributed by atoms with Crippen LogP contribution in [0.4, 0.5) is 0 Å². The van der Waals surface area contributed by atoms with Gasteiger partial charge in [-0.2, -0.15) is 0 Å². The Labute approximate surface area is 135 Å². The molecule has 1 heterocycles. The molecule has 0 radical (unpaired) electrons. The molecule has 1 aliphatic heterocycles. The van der Waals surface area contributed by atoms with Gasteiger partial charge in [0.15, 0.2) is 5.60 Å². The first kappa shape index (κ1) is 13.1. The van der Waals surface area contributed by atoms with Gasteiger partial charge in [-0.3, -0.25) is 4.79 Å². The number of carbonyl (C=O) groups excluding carboxylic acids is 1. The van der Waals surface area contributed by atoms with Crippen LogP contribution in [0.1, 0.15) is 17.5 Å². The fourth-order valence-electron chi connectivity index (χ4n) is 5.03. The topological polar surface area (TPSA) is 26.3 Å². The van der Waals surface area contributed by atoms with Gasteiger partial charge in [0.1, 0.15) is 0 Å². The Kier molecular flexibility index (Phi) is 2.61. The summed E-state index contributed by atoms with van der Waals surface area (Å²) in [5.74, 6) is 0.962. The molecule has 2 aliphatic carbocycles. The lowest BCUT2D eigenvalue weighted by Gasteiger charge is -2.37. The van der Waals surface area contributed by atoms with Crippen molar-refractivity contribution < 1.29 is 9.53 Å². The molecule has 2 heteroatoms. The third-order valence-electron chi connectivity index (χ3n) is 5.87. The molecule has 4 atom stereocenters. The summed E-state index contributed by atoms with van der Waals surface area (Å²) in [6.45, 7) is 0. The number of benzene rings is 2. The second-order valence-electron chi connectivity index (χ2n) is 6.89. The predicted octanol–water partition coefficient (Wildman–Crippen LogP) is 3.93. The molecule has 2 nitrogen and oxygen atoms in total. The van der Waals surface area contributed by atoms with E-state index < -0.39 is 5.60 Å². The molecule has 114 valence electrons. The van der Waals surface area contributed by atoms with Crippen molar-refractivity contribution in [3.8, 4) is 0 Å². The summed E-state index contributed by atoms with van der Waals surface area (Å²) in [5, 5.41) is 0. The smallest absolute Gasteiger partial charge is 0.311 e. The fraction of sp³-hybridized carbons (Fsp3) is 0.286. The zero-order valence-electron chi connectivity index (χ0n) is 12.8. The minimum absolute atomic E-state index is 0.00501. The normalized spacial score (nSPS) is 32.8. The first-order chi connectivity index (χ1) is 11.3. The summed E-state index contributed by atoms with van der Waals surface area (Å²) in [4.78, 5) is 12.8. The number of hydrogen-bond acceptors (Lipinski definition) is 2. The number of allylic oxidation sites excluding steroid dienone is 2. The predicted molar refractivity (Wildman–Crippen MR) is 87.5 cm³/mol. The molecule has 23 heavy (non-hydrogen) atoms. The van der Waals surface area contributed by atoms with Gasteiger partial charge in [-0.15, -0.1) is 0 Å². The monoisotopic (exact) mass is 302 g/mol. The van der Waals surface area contributed by atoms with Crippen molar-refractivity contribution in [2.45, 2.75) is 12.0 Å². The van der Waals surface area contributed by atoms with E-state index in [1.807, 2.05) is 36.4 Å². The third-order valence-corrected chi connectivity index (χ3v) is 5.87. The van der Waals surface area contributed by atoms with Crippen molar-refractivity contribution in [2.75, 3.05) is 0 Å². The molecule has 2 aromatic rings. The lowest BCUT2D eigenvalue weighted by molar-refractivity contribution is -0.150. The maximum Gasteiger partial charge on any atom is 0.311 e. The van der Waals surface area contributed by atoms with Crippen LogP contribution in [-0.4, -0.2) is 5.97 Å². The van der Waals surface area contributed by atoms with Gasteiger partial charge in [-0.05, 0) is 18.3 Å². The van der Waals surface area contributed by atoms with Gasteiger partial charge in [0.25, 0.3) is 0 Å². The Bertz CT molecular complexity index is 739. The highest BCUT2D eigenvalue weighted by Crippen LogP contribution is 2.62. The molecule has 0 unspecified atom stereocenters. The maximum atomic E-state index is 12.8. The van der Waals surface area contributed by atoms with E-state index in [1.165, 1.54) is 0 Å². The average molecular weight is 302 g/mol. The van der Waals surface area contributed by atoms with E-state index in [-0.39, 0.29) is 17.8 Å². The van der Waals surface area contributed by atoms with Gasteiger partial charge in [0.05, 0.1) is 5.92 Å². The quantitative estimate of drug-likeness (QED) is 0.621. The molecule has 5 rings (SSSR count). The van der Waals surface area contributed by atoms with Gasteiger partial charge in [-0.25, -0.2) is 0 Å². The summed E-state index contributed by atoms with van der Waals surface area (Å²) < 4.78 is 6.19. The molecule has 0 aromatic heterocycles. The van der Waals surface area contributed by atoms with Crippen LogP contribution in [-0.2, 0) is 15.1 Å². The lowest BCUT2D eigenvalue weighted by atomic mass is 9.68. The summed E-state index contributed by atoms with van der Waals surface area (Å²) in [6, 6.07) is 20.5. The molecule has 0 spiro atoms. The molecule has 2 bridgehead atoms. The first-order valence-corrected chi connectivity index (χ1v) is 8.33. The van der Waals surface area contributed by atoms with Crippen molar-refractivity contribution in [3.05, 3.63) is 83.9 Å². The molecular formula is C21H18O2. The van der Waals surface area contributed by atoms with E-state index in [0.717, 1.165) is 17.5 Å². The molecule has 2 fully saturated rings. The van der Waals surface area contributed by atoms with Crippen molar-refractivity contribution in [3.63, 3.8) is 0 Å². The summed E-state index contributed by atoms with van der Waals surface area (Å²) in [7, 11) is 0. The van der Waals surface area contributed by atoms with Crippen LogP contribution in [0.5, 0.6) is 0 Å². The van der Waals surface area contributed by atoms with Gasteiger partial charge < -0.3 is 4.74 Å². The van der Waals surface area contributed by atoms with Crippen LogP contribution < -0.4 is 0 Å². The number of fused-ring (bicyclic) bond motifs is 5. The second-order valence-corrected chi connectivity index (χ2v) is 6.89. The zero-order chi connectivity index (χ0) is 15.4. The molecule has 1 saturated carbocycles. The van der Waals surface area contributed by atoms with Gasteiger partial charge in [0.2, 0.25) is 0 Å². The second kappa shape index (κ2) is 4.58. The highest BCUT2D eigenvalue weighted by Gasteiger charge is 2.65. The number of carbonyl (C=O) groups is 1. The van der Waals surface area contributed by atoms with Crippen LogP contribution in [0.25, 0.3) is 0 Å². The Morgan fingerprint density at radius 3 is 2.00 bits per heavy atom. The van der Waals surface area contributed by atoms with Crippen molar-refractivity contribution in [1.82, 2.24) is 0 Å². The van der Waals surface area contributed by atoms with E-state index in [4.69, 9.17) is 4.74 Å².